The molecule has 0 unspecified atom stereocenters. The first kappa shape index (κ1) is 17.0. The molecule has 0 bridgehead atoms. The Hall–Kier alpha value is -2.88. The van der Waals surface area contributed by atoms with Gasteiger partial charge in [0.05, 0.1) is 5.69 Å². The number of aromatic nitrogens is 2. The molecule has 0 N–H and O–H groups in total. The van der Waals surface area contributed by atoms with Gasteiger partial charge in [-0.25, -0.2) is 0 Å². The highest BCUT2D eigenvalue weighted by molar-refractivity contribution is 5.96. The molecule has 4 nitrogen and oxygen atoms in total. The highest BCUT2D eigenvalue weighted by Crippen LogP contribution is 2.20. The van der Waals surface area contributed by atoms with E-state index in [-0.39, 0.29) is 5.91 Å². The topological polar surface area (TPSA) is 38.1 Å². The van der Waals surface area contributed by atoms with Gasteiger partial charge in [-0.2, -0.15) is 5.10 Å². The van der Waals surface area contributed by atoms with E-state index >= 15 is 0 Å². The highest BCUT2D eigenvalue weighted by atomic mass is 16.2. The van der Waals surface area contributed by atoms with Crippen LogP contribution in [0.4, 0.5) is 0 Å². The van der Waals surface area contributed by atoms with Crippen LogP contribution in [0.1, 0.15) is 22.5 Å². The van der Waals surface area contributed by atoms with Gasteiger partial charge < -0.3 is 4.90 Å². The third kappa shape index (κ3) is 3.48. The van der Waals surface area contributed by atoms with Gasteiger partial charge >= 0.3 is 0 Å². The van der Waals surface area contributed by atoms with E-state index in [1.54, 1.807) is 11.0 Å². The van der Waals surface area contributed by atoms with E-state index in [9.17, 15) is 4.79 Å². The van der Waals surface area contributed by atoms with Crippen LogP contribution in [0.3, 0.4) is 0 Å². The summed E-state index contributed by atoms with van der Waals surface area (Å²) in [6.07, 6.45) is 3.53. The van der Waals surface area contributed by atoms with Crippen molar-refractivity contribution in [1.82, 2.24) is 14.7 Å². The van der Waals surface area contributed by atoms with Gasteiger partial charge in [-0.1, -0.05) is 42.5 Å². The lowest BCUT2D eigenvalue weighted by molar-refractivity contribution is -0.125. The molecule has 2 aromatic carbocycles. The number of fused-ring (bicyclic) bond motifs is 1. The fourth-order valence-corrected chi connectivity index (χ4v) is 3.05. The normalized spacial score (nSPS) is 11.4. The van der Waals surface area contributed by atoms with Crippen molar-refractivity contribution >= 4 is 22.8 Å². The van der Waals surface area contributed by atoms with E-state index in [4.69, 9.17) is 0 Å². The number of hydrogen-bond donors (Lipinski definition) is 0. The number of likely N-dealkylation sites (N-methyl/N-ethyl adjacent to an activating group) is 1. The standard InChI is InChI=1S/C21H23N3O/c1-15-20(16(2)24(4)22-15)14-23(3)21(25)13-12-18-10-7-9-17-8-5-6-11-19(17)18/h5-13H,14H2,1-4H3. The van der Waals surface area contributed by atoms with Crippen LogP contribution in [-0.2, 0) is 18.4 Å². The van der Waals surface area contributed by atoms with Crippen molar-refractivity contribution in [2.24, 2.45) is 7.05 Å². The van der Waals surface area contributed by atoms with Crippen molar-refractivity contribution in [1.29, 1.82) is 0 Å². The van der Waals surface area contributed by atoms with Gasteiger partial charge in [-0.05, 0) is 36.3 Å². The summed E-state index contributed by atoms with van der Waals surface area (Å²) < 4.78 is 1.86. The molecule has 3 rings (SSSR count). The summed E-state index contributed by atoms with van der Waals surface area (Å²) in [5.74, 6) is -0.0180. The Labute approximate surface area is 148 Å². The lowest BCUT2D eigenvalue weighted by Gasteiger charge is -2.15. The third-order valence-electron chi connectivity index (χ3n) is 4.66. The van der Waals surface area contributed by atoms with Crippen LogP contribution < -0.4 is 0 Å². The minimum atomic E-state index is -0.0180. The SMILES string of the molecule is Cc1nn(C)c(C)c1CN(C)C(=O)C=Cc1cccc2ccccc12. The summed E-state index contributed by atoms with van der Waals surface area (Å²) in [6.45, 7) is 4.57. The fourth-order valence-electron chi connectivity index (χ4n) is 3.05. The average Bonchev–Trinajstić information content (AvgIpc) is 2.85. The Kier molecular flexibility index (Phi) is 4.70. The van der Waals surface area contributed by atoms with E-state index in [1.165, 1.54) is 5.39 Å². The molecule has 0 saturated carbocycles. The summed E-state index contributed by atoms with van der Waals surface area (Å²) in [4.78, 5) is 14.2. The van der Waals surface area contributed by atoms with E-state index in [0.717, 1.165) is 27.9 Å². The Morgan fingerprint density at radius 3 is 2.60 bits per heavy atom. The van der Waals surface area contributed by atoms with Crippen molar-refractivity contribution < 1.29 is 4.79 Å². The molecule has 0 fully saturated rings. The highest BCUT2D eigenvalue weighted by Gasteiger charge is 2.13. The second-order valence-corrected chi connectivity index (χ2v) is 6.37. The molecule has 0 aliphatic carbocycles. The number of hydrogen-bond acceptors (Lipinski definition) is 2. The number of amides is 1. The predicted octanol–water partition coefficient (Wildman–Crippen LogP) is 3.86. The first-order valence-corrected chi connectivity index (χ1v) is 8.37. The first-order valence-electron chi connectivity index (χ1n) is 8.37. The van der Waals surface area contributed by atoms with Crippen LogP contribution in [0.25, 0.3) is 16.8 Å². The average molecular weight is 333 g/mol. The maximum atomic E-state index is 12.5. The maximum absolute atomic E-state index is 12.5. The quantitative estimate of drug-likeness (QED) is 0.680. The monoisotopic (exact) mass is 333 g/mol. The van der Waals surface area contributed by atoms with Gasteiger partial charge in [0.25, 0.3) is 0 Å². The van der Waals surface area contributed by atoms with E-state index < -0.39 is 0 Å². The Morgan fingerprint density at radius 1 is 1.16 bits per heavy atom. The summed E-state index contributed by atoms with van der Waals surface area (Å²) in [5, 5.41) is 6.73. The molecule has 1 aromatic heterocycles. The third-order valence-corrected chi connectivity index (χ3v) is 4.66. The van der Waals surface area contributed by atoms with Crippen molar-refractivity contribution in [2.75, 3.05) is 7.05 Å². The van der Waals surface area contributed by atoms with Crippen LogP contribution >= 0.6 is 0 Å². The zero-order chi connectivity index (χ0) is 18.0. The molecule has 3 aromatic rings. The summed E-state index contributed by atoms with van der Waals surface area (Å²) in [6, 6.07) is 14.3. The van der Waals surface area contributed by atoms with E-state index in [2.05, 4.69) is 23.3 Å². The van der Waals surface area contributed by atoms with Gasteiger partial charge in [0.15, 0.2) is 0 Å². The van der Waals surface area contributed by atoms with Crippen LogP contribution in [-0.4, -0.2) is 27.6 Å². The number of benzene rings is 2. The van der Waals surface area contributed by atoms with Crippen molar-refractivity contribution in [3.05, 3.63) is 71.1 Å². The molecular formula is C21H23N3O. The molecule has 0 radical (unpaired) electrons. The van der Waals surface area contributed by atoms with Gasteiger partial charge in [-0.3, -0.25) is 9.48 Å². The van der Waals surface area contributed by atoms with E-state index in [0.29, 0.717) is 6.54 Å². The molecule has 0 saturated heterocycles. The molecule has 25 heavy (non-hydrogen) atoms. The number of aryl methyl sites for hydroxylation is 2. The molecule has 0 aliphatic heterocycles. The van der Waals surface area contributed by atoms with Gasteiger partial charge in [0.1, 0.15) is 0 Å². The molecule has 128 valence electrons. The minimum absolute atomic E-state index is 0.0180. The lowest BCUT2D eigenvalue weighted by Crippen LogP contribution is -2.24. The molecule has 0 aliphatic rings. The fraction of sp³-hybridized carbons (Fsp3) is 0.238. The van der Waals surface area contributed by atoms with Crippen molar-refractivity contribution in [3.63, 3.8) is 0 Å². The minimum Gasteiger partial charge on any atom is -0.338 e. The van der Waals surface area contributed by atoms with Gasteiger partial charge in [0, 0.05) is 38.0 Å². The number of carbonyl (C=O) groups is 1. The Bertz CT molecular complexity index is 948. The van der Waals surface area contributed by atoms with Crippen molar-refractivity contribution in [2.45, 2.75) is 20.4 Å². The molecule has 4 heteroatoms. The molecule has 1 heterocycles. The molecule has 1 amide bonds. The zero-order valence-corrected chi connectivity index (χ0v) is 15.2. The van der Waals surface area contributed by atoms with Crippen LogP contribution in [0.5, 0.6) is 0 Å². The Balaban J connectivity index is 1.78. The smallest absolute Gasteiger partial charge is 0.246 e. The van der Waals surface area contributed by atoms with Gasteiger partial charge in [-0.15, -0.1) is 0 Å². The molecule has 0 atom stereocenters. The van der Waals surface area contributed by atoms with Crippen molar-refractivity contribution in [3.8, 4) is 0 Å². The number of rotatable bonds is 4. The number of carbonyl (C=O) groups excluding carboxylic acids is 1. The van der Waals surface area contributed by atoms with Crippen LogP contribution in [0.15, 0.2) is 48.5 Å². The molecule has 0 spiro atoms. The summed E-state index contributed by atoms with van der Waals surface area (Å²) >= 11 is 0. The molecular weight excluding hydrogens is 310 g/mol. The summed E-state index contributed by atoms with van der Waals surface area (Å²) in [5.41, 5.74) is 4.22. The second-order valence-electron chi connectivity index (χ2n) is 6.37. The Morgan fingerprint density at radius 2 is 1.88 bits per heavy atom. The maximum Gasteiger partial charge on any atom is 0.246 e. The van der Waals surface area contributed by atoms with Gasteiger partial charge in [0.2, 0.25) is 5.91 Å². The van der Waals surface area contributed by atoms with Crippen LogP contribution in [0, 0.1) is 13.8 Å². The van der Waals surface area contributed by atoms with E-state index in [1.807, 2.05) is 63.0 Å². The van der Waals surface area contributed by atoms with Crippen LogP contribution in [0.2, 0.25) is 0 Å². The zero-order valence-electron chi connectivity index (χ0n) is 15.2. The first-order chi connectivity index (χ1) is 12.0. The lowest BCUT2D eigenvalue weighted by atomic mass is 10.0. The predicted molar refractivity (Wildman–Crippen MR) is 102 cm³/mol. The second kappa shape index (κ2) is 6.93. The number of nitrogens with zero attached hydrogens (tertiary/aromatic N) is 3. The summed E-state index contributed by atoms with van der Waals surface area (Å²) in [7, 11) is 3.75. The largest absolute Gasteiger partial charge is 0.338 e.